The number of aryl methyl sites for hydroxylation is 1. The second kappa shape index (κ2) is 6.58. The number of anilines is 2. The predicted octanol–water partition coefficient (Wildman–Crippen LogP) is 2.37. The summed E-state index contributed by atoms with van der Waals surface area (Å²) >= 11 is 0. The number of carbonyl (C=O) groups is 2. The van der Waals surface area contributed by atoms with Crippen LogP contribution in [0.5, 0.6) is 0 Å². The van der Waals surface area contributed by atoms with Crippen molar-refractivity contribution in [2.45, 2.75) is 19.4 Å². The zero-order chi connectivity index (χ0) is 16.2. The molecule has 2 heterocycles. The standard InChI is InChI=1S/C17H17N3O3/c1-23-10-12-9-18-7-6-14(12)17(22)19-13-3-4-15-11(8-13)2-5-16(21)20-15/h3-4,6-9H,2,5,10H2,1H3,(H,19,22)(H,20,21). The fourth-order valence-corrected chi connectivity index (χ4v) is 2.58. The SMILES string of the molecule is COCc1cnccc1C(=O)Nc1ccc2c(c1)CCC(=O)N2. The van der Waals surface area contributed by atoms with Gasteiger partial charge < -0.3 is 15.4 Å². The van der Waals surface area contributed by atoms with Crippen LogP contribution >= 0.6 is 0 Å². The van der Waals surface area contributed by atoms with Crippen molar-refractivity contribution < 1.29 is 14.3 Å². The van der Waals surface area contributed by atoms with Crippen LogP contribution in [0.4, 0.5) is 11.4 Å². The van der Waals surface area contributed by atoms with Gasteiger partial charge in [-0.15, -0.1) is 0 Å². The molecule has 1 aromatic carbocycles. The number of hydrogen-bond donors (Lipinski definition) is 2. The van der Waals surface area contributed by atoms with Crippen molar-refractivity contribution in [3.8, 4) is 0 Å². The molecule has 23 heavy (non-hydrogen) atoms. The minimum absolute atomic E-state index is 0.0234. The van der Waals surface area contributed by atoms with Gasteiger partial charge in [-0.05, 0) is 36.2 Å². The van der Waals surface area contributed by atoms with Gasteiger partial charge in [-0.3, -0.25) is 14.6 Å². The van der Waals surface area contributed by atoms with E-state index in [-0.39, 0.29) is 11.8 Å². The maximum atomic E-state index is 12.5. The number of carbonyl (C=O) groups excluding carboxylic acids is 2. The molecule has 1 aliphatic heterocycles. The first-order valence-corrected chi connectivity index (χ1v) is 7.33. The molecule has 2 aromatic rings. The molecule has 118 valence electrons. The first-order chi connectivity index (χ1) is 11.2. The van der Waals surface area contributed by atoms with Gasteiger partial charge in [-0.25, -0.2) is 0 Å². The van der Waals surface area contributed by atoms with Gasteiger partial charge in [0, 0.05) is 48.4 Å². The molecule has 0 atom stereocenters. The van der Waals surface area contributed by atoms with Crippen molar-refractivity contribution in [2.75, 3.05) is 17.7 Å². The number of methoxy groups -OCH3 is 1. The van der Waals surface area contributed by atoms with Crippen molar-refractivity contribution in [3.63, 3.8) is 0 Å². The summed E-state index contributed by atoms with van der Waals surface area (Å²) in [5, 5.41) is 5.70. The van der Waals surface area contributed by atoms with Crippen LogP contribution in [0, 0.1) is 0 Å². The van der Waals surface area contributed by atoms with E-state index in [1.165, 1.54) is 0 Å². The van der Waals surface area contributed by atoms with E-state index in [9.17, 15) is 9.59 Å². The second-order valence-corrected chi connectivity index (χ2v) is 5.34. The maximum absolute atomic E-state index is 12.5. The first kappa shape index (κ1) is 15.2. The van der Waals surface area contributed by atoms with Gasteiger partial charge in [0.1, 0.15) is 0 Å². The van der Waals surface area contributed by atoms with Crippen molar-refractivity contribution in [3.05, 3.63) is 53.3 Å². The Morgan fingerprint density at radius 1 is 1.35 bits per heavy atom. The average Bonchev–Trinajstić information content (AvgIpc) is 2.56. The largest absolute Gasteiger partial charge is 0.380 e. The van der Waals surface area contributed by atoms with Gasteiger partial charge in [-0.1, -0.05) is 0 Å². The number of ether oxygens (including phenoxy) is 1. The summed E-state index contributed by atoms with van der Waals surface area (Å²) < 4.78 is 5.09. The van der Waals surface area contributed by atoms with Crippen LogP contribution in [-0.2, 0) is 22.6 Å². The zero-order valence-corrected chi connectivity index (χ0v) is 12.8. The van der Waals surface area contributed by atoms with E-state index >= 15 is 0 Å². The van der Waals surface area contributed by atoms with Crippen molar-refractivity contribution >= 4 is 23.2 Å². The zero-order valence-electron chi connectivity index (χ0n) is 12.8. The molecule has 0 unspecified atom stereocenters. The number of aromatic nitrogens is 1. The highest BCUT2D eigenvalue weighted by Crippen LogP contribution is 2.26. The Morgan fingerprint density at radius 2 is 2.22 bits per heavy atom. The number of rotatable bonds is 4. The normalized spacial score (nSPS) is 13.2. The number of pyridine rings is 1. The minimum atomic E-state index is -0.209. The number of hydrogen-bond acceptors (Lipinski definition) is 4. The van der Waals surface area contributed by atoms with Gasteiger partial charge in [-0.2, -0.15) is 0 Å². The molecule has 0 bridgehead atoms. The van der Waals surface area contributed by atoms with E-state index < -0.39 is 0 Å². The fraction of sp³-hybridized carbons (Fsp3) is 0.235. The highest BCUT2D eigenvalue weighted by atomic mass is 16.5. The number of amides is 2. The molecule has 0 saturated carbocycles. The predicted molar refractivity (Wildman–Crippen MR) is 86.3 cm³/mol. The Morgan fingerprint density at radius 3 is 3.04 bits per heavy atom. The van der Waals surface area contributed by atoms with E-state index in [0.29, 0.717) is 30.7 Å². The van der Waals surface area contributed by atoms with E-state index in [1.54, 1.807) is 31.6 Å². The topological polar surface area (TPSA) is 80.3 Å². The molecule has 0 radical (unpaired) electrons. The van der Waals surface area contributed by atoms with E-state index in [0.717, 1.165) is 16.8 Å². The Labute approximate surface area is 133 Å². The van der Waals surface area contributed by atoms with Gasteiger partial charge in [0.2, 0.25) is 5.91 Å². The van der Waals surface area contributed by atoms with Crippen molar-refractivity contribution in [1.82, 2.24) is 4.98 Å². The van der Waals surface area contributed by atoms with Gasteiger partial charge in [0.05, 0.1) is 6.61 Å². The summed E-state index contributed by atoms with van der Waals surface area (Å²) in [4.78, 5) is 27.9. The lowest BCUT2D eigenvalue weighted by molar-refractivity contribution is -0.116. The summed E-state index contributed by atoms with van der Waals surface area (Å²) in [5.41, 5.74) is 3.80. The lowest BCUT2D eigenvalue weighted by atomic mass is 10.0. The molecular weight excluding hydrogens is 294 g/mol. The second-order valence-electron chi connectivity index (χ2n) is 5.34. The third kappa shape index (κ3) is 3.37. The fourth-order valence-electron chi connectivity index (χ4n) is 2.58. The summed E-state index contributed by atoms with van der Waals surface area (Å²) in [7, 11) is 1.58. The molecule has 2 N–H and O–H groups in total. The smallest absolute Gasteiger partial charge is 0.256 e. The van der Waals surface area contributed by atoms with Crippen LogP contribution in [-0.4, -0.2) is 23.9 Å². The molecular formula is C17H17N3O3. The molecule has 1 aromatic heterocycles. The lowest BCUT2D eigenvalue weighted by Gasteiger charge is -2.18. The molecule has 0 saturated heterocycles. The summed E-state index contributed by atoms with van der Waals surface area (Å²) in [5.74, 6) is -0.186. The molecule has 0 aliphatic carbocycles. The maximum Gasteiger partial charge on any atom is 0.256 e. The summed E-state index contributed by atoms with van der Waals surface area (Å²) in [6.45, 7) is 0.326. The van der Waals surface area contributed by atoms with Gasteiger partial charge in [0.25, 0.3) is 5.91 Å². The van der Waals surface area contributed by atoms with E-state index in [2.05, 4.69) is 15.6 Å². The monoisotopic (exact) mass is 311 g/mol. The summed E-state index contributed by atoms with van der Waals surface area (Å²) in [6, 6.07) is 7.15. The van der Waals surface area contributed by atoms with E-state index in [1.807, 2.05) is 12.1 Å². The molecule has 6 nitrogen and oxygen atoms in total. The van der Waals surface area contributed by atoms with Crippen molar-refractivity contribution in [1.29, 1.82) is 0 Å². The third-order valence-corrected chi connectivity index (χ3v) is 3.71. The average molecular weight is 311 g/mol. The van der Waals surface area contributed by atoms with Gasteiger partial charge in [0.15, 0.2) is 0 Å². The molecule has 0 fully saturated rings. The quantitative estimate of drug-likeness (QED) is 0.908. The first-order valence-electron chi connectivity index (χ1n) is 7.33. The van der Waals surface area contributed by atoms with Gasteiger partial charge >= 0.3 is 0 Å². The molecule has 3 rings (SSSR count). The number of nitrogens with one attached hydrogen (secondary N) is 2. The van der Waals surface area contributed by atoms with Crippen LogP contribution in [0.2, 0.25) is 0 Å². The van der Waals surface area contributed by atoms with Crippen LogP contribution in [0.15, 0.2) is 36.7 Å². The molecule has 6 heteroatoms. The lowest BCUT2D eigenvalue weighted by Crippen LogP contribution is -2.19. The Bertz CT molecular complexity index is 758. The molecule has 2 amide bonds. The van der Waals surface area contributed by atoms with E-state index in [4.69, 9.17) is 4.74 Å². The number of nitrogens with zero attached hydrogens (tertiary/aromatic N) is 1. The third-order valence-electron chi connectivity index (χ3n) is 3.71. The Balaban J connectivity index is 1.80. The molecule has 0 spiro atoms. The minimum Gasteiger partial charge on any atom is -0.380 e. The van der Waals surface area contributed by atoms with Crippen LogP contribution < -0.4 is 10.6 Å². The van der Waals surface area contributed by atoms with Crippen LogP contribution in [0.3, 0.4) is 0 Å². The Kier molecular flexibility index (Phi) is 4.34. The van der Waals surface area contributed by atoms with Crippen molar-refractivity contribution in [2.24, 2.45) is 0 Å². The highest BCUT2D eigenvalue weighted by Gasteiger charge is 2.16. The Hall–Kier alpha value is -2.73. The number of benzene rings is 1. The number of fused-ring (bicyclic) bond motifs is 1. The highest BCUT2D eigenvalue weighted by molar-refractivity contribution is 6.05. The molecule has 1 aliphatic rings. The van der Waals surface area contributed by atoms with Crippen LogP contribution in [0.25, 0.3) is 0 Å². The van der Waals surface area contributed by atoms with Crippen LogP contribution in [0.1, 0.15) is 27.9 Å². The summed E-state index contributed by atoms with van der Waals surface area (Å²) in [6.07, 6.45) is 4.35.